The van der Waals surface area contributed by atoms with E-state index in [9.17, 15) is 30.7 Å². The Kier molecular flexibility index (Phi) is 5.53. The predicted octanol–water partition coefficient (Wildman–Crippen LogP) is 3.73. The lowest BCUT2D eigenvalue weighted by Gasteiger charge is -2.17. The molecule has 0 amide bonds. The fourth-order valence-electron chi connectivity index (χ4n) is 2.16. The molecule has 0 saturated carbocycles. The van der Waals surface area contributed by atoms with Crippen LogP contribution in [0.4, 0.5) is 36.4 Å². The van der Waals surface area contributed by atoms with Crippen molar-refractivity contribution in [2.45, 2.75) is 25.1 Å². The van der Waals surface area contributed by atoms with Crippen LogP contribution in [0.2, 0.25) is 0 Å². The first-order valence-corrected chi connectivity index (χ1v) is 7.13. The van der Waals surface area contributed by atoms with Crippen LogP contribution in [0, 0.1) is 23.3 Å². The molecular formula is C13H11F7N2OS. The fraction of sp³-hybridized carbons (Fsp3) is 0.462. The molecule has 1 aromatic rings. The van der Waals surface area contributed by atoms with Gasteiger partial charge in [0.15, 0.2) is 28.4 Å². The van der Waals surface area contributed by atoms with Gasteiger partial charge in [0.2, 0.25) is 0 Å². The van der Waals surface area contributed by atoms with Gasteiger partial charge in [0.25, 0.3) is 0 Å². The Labute approximate surface area is 137 Å². The average molecular weight is 376 g/mol. The Hall–Kier alpha value is -1.62. The van der Waals surface area contributed by atoms with Crippen molar-refractivity contribution < 1.29 is 35.5 Å². The number of hydrogen-bond donors (Lipinski definition) is 2. The van der Waals surface area contributed by atoms with Crippen LogP contribution in [0.5, 0.6) is 0 Å². The maximum atomic E-state index is 13.7. The van der Waals surface area contributed by atoms with E-state index < -0.39 is 45.8 Å². The number of hydrogen-bond acceptors (Lipinski definition) is 2. The van der Waals surface area contributed by atoms with E-state index in [2.05, 4.69) is 5.32 Å². The number of halogens is 7. The van der Waals surface area contributed by atoms with Gasteiger partial charge in [-0.1, -0.05) is 0 Å². The zero-order valence-corrected chi connectivity index (χ0v) is 12.7. The predicted molar refractivity (Wildman–Crippen MR) is 74.5 cm³/mol. The molecule has 0 aliphatic carbocycles. The minimum absolute atomic E-state index is 0.167. The molecule has 24 heavy (non-hydrogen) atoms. The van der Waals surface area contributed by atoms with Crippen molar-refractivity contribution >= 4 is 23.0 Å². The lowest BCUT2D eigenvalue weighted by molar-refractivity contribution is -0.143. The van der Waals surface area contributed by atoms with Crippen LogP contribution in [0.15, 0.2) is 0 Å². The first kappa shape index (κ1) is 18.7. The van der Waals surface area contributed by atoms with Crippen LogP contribution in [-0.4, -0.2) is 24.4 Å². The quantitative estimate of drug-likeness (QED) is 0.479. The SMILES string of the molecule is Fc1c(F)c(C(F)(F)F)c(F)c(F)c1NC(=S)NCC1CCCO1. The van der Waals surface area contributed by atoms with Crippen LogP contribution in [-0.2, 0) is 10.9 Å². The summed E-state index contributed by atoms with van der Waals surface area (Å²) in [4.78, 5) is 0. The molecule has 1 aliphatic rings. The van der Waals surface area contributed by atoms with Crippen LogP contribution in [0.25, 0.3) is 0 Å². The maximum absolute atomic E-state index is 13.7. The Morgan fingerprint density at radius 2 is 1.67 bits per heavy atom. The minimum atomic E-state index is -5.59. The summed E-state index contributed by atoms with van der Waals surface area (Å²) in [6.45, 7) is 0.714. The highest BCUT2D eigenvalue weighted by Gasteiger charge is 2.42. The van der Waals surface area contributed by atoms with Crippen molar-refractivity contribution in [1.82, 2.24) is 5.32 Å². The first-order chi connectivity index (χ1) is 11.1. The second-order valence-electron chi connectivity index (χ2n) is 4.97. The molecule has 1 unspecified atom stereocenters. The van der Waals surface area contributed by atoms with Crippen LogP contribution >= 0.6 is 12.2 Å². The van der Waals surface area contributed by atoms with Crippen molar-refractivity contribution in [3.8, 4) is 0 Å². The van der Waals surface area contributed by atoms with Gasteiger partial charge in [0.1, 0.15) is 11.3 Å². The molecule has 1 saturated heterocycles. The summed E-state index contributed by atoms with van der Waals surface area (Å²) in [7, 11) is 0. The van der Waals surface area contributed by atoms with Crippen molar-refractivity contribution in [3.05, 3.63) is 28.8 Å². The molecule has 134 valence electrons. The lowest BCUT2D eigenvalue weighted by atomic mass is 10.1. The van der Waals surface area contributed by atoms with Gasteiger partial charge in [-0.2, -0.15) is 13.2 Å². The first-order valence-electron chi connectivity index (χ1n) is 6.72. The third-order valence-electron chi connectivity index (χ3n) is 3.30. The topological polar surface area (TPSA) is 33.3 Å². The number of alkyl halides is 3. The summed E-state index contributed by atoms with van der Waals surface area (Å²) < 4.78 is 96.9. The van der Waals surface area contributed by atoms with Crippen molar-refractivity contribution in [2.75, 3.05) is 18.5 Å². The highest BCUT2D eigenvalue weighted by Crippen LogP contribution is 2.38. The van der Waals surface area contributed by atoms with E-state index in [4.69, 9.17) is 17.0 Å². The van der Waals surface area contributed by atoms with Crippen molar-refractivity contribution in [2.24, 2.45) is 0 Å². The molecule has 11 heteroatoms. The molecule has 2 rings (SSSR count). The third-order valence-corrected chi connectivity index (χ3v) is 3.55. The van der Waals surface area contributed by atoms with Gasteiger partial charge in [0.05, 0.1) is 6.10 Å². The second kappa shape index (κ2) is 7.09. The van der Waals surface area contributed by atoms with Gasteiger partial charge in [-0.25, -0.2) is 17.6 Å². The molecule has 1 fully saturated rings. The molecule has 0 radical (unpaired) electrons. The van der Waals surface area contributed by atoms with Gasteiger partial charge in [-0.05, 0) is 25.1 Å². The van der Waals surface area contributed by atoms with E-state index >= 15 is 0 Å². The van der Waals surface area contributed by atoms with Gasteiger partial charge in [-0.3, -0.25) is 0 Å². The molecule has 1 aliphatic heterocycles. The minimum Gasteiger partial charge on any atom is -0.376 e. The fourth-order valence-corrected chi connectivity index (χ4v) is 2.35. The van der Waals surface area contributed by atoms with E-state index in [0.29, 0.717) is 6.61 Å². The van der Waals surface area contributed by atoms with Crippen molar-refractivity contribution in [3.63, 3.8) is 0 Å². The number of benzene rings is 1. The maximum Gasteiger partial charge on any atom is 0.422 e. The molecule has 0 spiro atoms. The third kappa shape index (κ3) is 3.89. The number of ether oxygens (including phenoxy) is 1. The van der Waals surface area contributed by atoms with E-state index in [-0.39, 0.29) is 12.6 Å². The summed E-state index contributed by atoms with van der Waals surface area (Å²) in [6.07, 6.45) is -4.24. The van der Waals surface area contributed by atoms with Crippen molar-refractivity contribution in [1.29, 1.82) is 0 Å². The Morgan fingerprint density at radius 3 is 2.12 bits per heavy atom. The van der Waals surface area contributed by atoms with Gasteiger partial charge >= 0.3 is 6.18 Å². The van der Waals surface area contributed by atoms with Gasteiger partial charge in [0, 0.05) is 13.2 Å². The summed E-state index contributed by atoms with van der Waals surface area (Å²) in [5.41, 5.74) is -4.08. The second-order valence-corrected chi connectivity index (χ2v) is 5.38. The molecular weight excluding hydrogens is 365 g/mol. The number of nitrogens with one attached hydrogen (secondary N) is 2. The molecule has 2 N–H and O–H groups in total. The molecule has 3 nitrogen and oxygen atoms in total. The number of thiocarbonyl (C=S) groups is 1. The Bertz CT molecular complexity index is 615. The van der Waals surface area contributed by atoms with Crippen LogP contribution < -0.4 is 10.6 Å². The lowest BCUT2D eigenvalue weighted by Crippen LogP contribution is -2.35. The number of rotatable bonds is 3. The summed E-state index contributed by atoms with van der Waals surface area (Å²) in [6, 6.07) is 0. The van der Waals surface area contributed by atoms with E-state index in [1.807, 2.05) is 5.32 Å². The smallest absolute Gasteiger partial charge is 0.376 e. The molecule has 1 heterocycles. The van der Waals surface area contributed by atoms with E-state index in [1.54, 1.807) is 0 Å². The van der Waals surface area contributed by atoms with E-state index in [0.717, 1.165) is 12.8 Å². The highest BCUT2D eigenvalue weighted by atomic mass is 32.1. The number of anilines is 1. The standard InChI is InChI=1S/C13H11F7N2OS/c14-7-6(13(18,19)20)8(15)10(17)11(9(7)16)22-12(24)21-4-5-2-1-3-23-5/h5H,1-4H2,(H2,21,22,24). The van der Waals surface area contributed by atoms with Crippen LogP contribution in [0.1, 0.15) is 18.4 Å². The summed E-state index contributed by atoms with van der Waals surface area (Å²) in [5.74, 6) is -9.54. The van der Waals surface area contributed by atoms with E-state index in [1.165, 1.54) is 0 Å². The zero-order chi connectivity index (χ0) is 18.1. The highest BCUT2D eigenvalue weighted by molar-refractivity contribution is 7.80. The average Bonchev–Trinajstić information content (AvgIpc) is 2.99. The normalized spacial score (nSPS) is 17.9. The summed E-state index contributed by atoms with van der Waals surface area (Å²) >= 11 is 4.70. The Morgan fingerprint density at radius 1 is 1.08 bits per heavy atom. The zero-order valence-electron chi connectivity index (χ0n) is 11.9. The molecule has 0 bridgehead atoms. The monoisotopic (exact) mass is 376 g/mol. The van der Waals surface area contributed by atoms with Gasteiger partial charge < -0.3 is 15.4 Å². The Balaban J connectivity index is 2.19. The summed E-state index contributed by atoms with van der Waals surface area (Å²) in [5, 5.41) is 3.92. The molecule has 1 atom stereocenters. The van der Waals surface area contributed by atoms with Gasteiger partial charge in [-0.15, -0.1) is 0 Å². The van der Waals surface area contributed by atoms with Crippen LogP contribution in [0.3, 0.4) is 0 Å². The molecule has 0 aromatic heterocycles. The largest absolute Gasteiger partial charge is 0.422 e. The molecule has 1 aromatic carbocycles.